The highest BCUT2D eigenvalue weighted by atomic mass is 79.9. The zero-order chi connectivity index (χ0) is 22.8. The molecule has 2 nitrogen and oxygen atoms in total. The molecule has 1 aromatic heterocycles. The molecule has 5 aromatic rings. The number of rotatable bonds is 5. The number of halogens is 3. The summed E-state index contributed by atoms with van der Waals surface area (Å²) >= 11 is 3.55. The SMILES string of the molecule is Fc1ccc(F)c(-c2nn(C(c3ccccc3)(c3ccccc3)c3ccccc3)cc2Br)c1. The topological polar surface area (TPSA) is 17.8 Å². The van der Waals surface area contributed by atoms with E-state index in [0.29, 0.717) is 10.2 Å². The first-order chi connectivity index (χ1) is 16.1. The molecule has 0 saturated carbocycles. The number of hydrogen-bond acceptors (Lipinski definition) is 1. The fraction of sp³-hybridized carbons (Fsp3) is 0.0357. The number of nitrogens with zero attached hydrogens (tertiary/aromatic N) is 2. The van der Waals surface area contributed by atoms with Crippen LogP contribution >= 0.6 is 15.9 Å². The fourth-order valence-electron chi connectivity index (χ4n) is 4.32. The first-order valence-electron chi connectivity index (χ1n) is 10.5. The van der Waals surface area contributed by atoms with Crippen LogP contribution < -0.4 is 0 Å². The Labute approximate surface area is 199 Å². The van der Waals surface area contributed by atoms with Gasteiger partial charge >= 0.3 is 0 Å². The van der Waals surface area contributed by atoms with Crippen molar-refractivity contribution in [3.05, 3.63) is 148 Å². The quantitative estimate of drug-likeness (QED) is 0.229. The average Bonchev–Trinajstić information content (AvgIpc) is 3.24. The van der Waals surface area contributed by atoms with Crippen LogP contribution in [0.4, 0.5) is 8.78 Å². The van der Waals surface area contributed by atoms with Gasteiger partial charge in [0.25, 0.3) is 0 Å². The molecule has 162 valence electrons. The van der Waals surface area contributed by atoms with Gasteiger partial charge in [-0.05, 0) is 50.8 Å². The molecule has 0 aliphatic rings. The van der Waals surface area contributed by atoms with E-state index in [1.54, 1.807) is 0 Å². The summed E-state index contributed by atoms with van der Waals surface area (Å²) in [6, 6.07) is 33.5. The van der Waals surface area contributed by atoms with Crippen LogP contribution in [0.25, 0.3) is 11.3 Å². The Morgan fingerprint density at radius 1 is 0.667 bits per heavy atom. The van der Waals surface area contributed by atoms with Crippen LogP contribution in [0.2, 0.25) is 0 Å². The van der Waals surface area contributed by atoms with Gasteiger partial charge in [-0.15, -0.1) is 0 Å². The van der Waals surface area contributed by atoms with E-state index in [1.807, 2.05) is 65.5 Å². The maximum absolute atomic E-state index is 14.7. The minimum atomic E-state index is -0.839. The Balaban J connectivity index is 1.86. The van der Waals surface area contributed by atoms with E-state index >= 15 is 0 Å². The van der Waals surface area contributed by atoms with Crippen LogP contribution in [0.1, 0.15) is 16.7 Å². The number of hydrogen-bond donors (Lipinski definition) is 0. The second-order valence-electron chi connectivity index (χ2n) is 7.70. The van der Waals surface area contributed by atoms with Crippen LogP contribution in [0.5, 0.6) is 0 Å². The summed E-state index contributed by atoms with van der Waals surface area (Å²) in [5.41, 5.74) is 2.56. The zero-order valence-electron chi connectivity index (χ0n) is 17.5. The van der Waals surface area contributed by atoms with Crippen molar-refractivity contribution in [2.24, 2.45) is 0 Å². The molecule has 4 aromatic carbocycles. The van der Waals surface area contributed by atoms with Crippen LogP contribution in [0, 0.1) is 11.6 Å². The van der Waals surface area contributed by atoms with Crippen molar-refractivity contribution in [1.29, 1.82) is 0 Å². The highest BCUT2D eigenvalue weighted by Gasteiger charge is 2.40. The third kappa shape index (κ3) is 3.68. The summed E-state index contributed by atoms with van der Waals surface area (Å²) in [5.74, 6) is -1.06. The van der Waals surface area contributed by atoms with Crippen molar-refractivity contribution < 1.29 is 8.78 Å². The molecule has 33 heavy (non-hydrogen) atoms. The van der Waals surface area contributed by atoms with Crippen LogP contribution in [-0.2, 0) is 5.54 Å². The summed E-state index contributed by atoms with van der Waals surface area (Å²) in [6.45, 7) is 0. The summed E-state index contributed by atoms with van der Waals surface area (Å²) in [6.07, 6.45) is 1.83. The van der Waals surface area contributed by atoms with Gasteiger partial charge in [0.05, 0.1) is 4.47 Å². The summed E-state index contributed by atoms with van der Waals surface area (Å²) in [7, 11) is 0. The molecular weight excluding hydrogens is 482 g/mol. The number of benzene rings is 4. The van der Waals surface area contributed by atoms with Gasteiger partial charge < -0.3 is 0 Å². The largest absolute Gasteiger partial charge is 0.251 e. The van der Waals surface area contributed by atoms with E-state index in [-0.39, 0.29) is 5.56 Å². The second-order valence-corrected chi connectivity index (χ2v) is 8.56. The van der Waals surface area contributed by atoms with Crippen molar-refractivity contribution in [3.8, 4) is 11.3 Å². The lowest BCUT2D eigenvalue weighted by atomic mass is 9.77. The third-order valence-electron chi connectivity index (χ3n) is 5.77. The minimum absolute atomic E-state index is 0.101. The van der Waals surface area contributed by atoms with Gasteiger partial charge in [-0.3, -0.25) is 4.68 Å². The van der Waals surface area contributed by atoms with Gasteiger partial charge in [-0.1, -0.05) is 91.0 Å². The van der Waals surface area contributed by atoms with Crippen molar-refractivity contribution in [2.45, 2.75) is 5.54 Å². The molecule has 0 spiro atoms. The van der Waals surface area contributed by atoms with Crippen molar-refractivity contribution in [1.82, 2.24) is 9.78 Å². The van der Waals surface area contributed by atoms with E-state index in [1.165, 1.54) is 6.07 Å². The highest BCUT2D eigenvalue weighted by Crippen LogP contribution is 2.42. The molecule has 0 bridgehead atoms. The molecule has 0 aliphatic heterocycles. The van der Waals surface area contributed by atoms with Gasteiger partial charge in [0.1, 0.15) is 22.9 Å². The minimum Gasteiger partial charge on any atom is -0.251 e. The lowest BCUT2D eigenvalue weighted by molar-refractivity contribution is 0.460. The lowest BCUT2D eigenvalue weighted by Gasteiger charge is -2.36. The van der Waals surface area contributed by atoms with E-state index in [4.69, 9.17) is 5.10 Å². The molecule has 0 radical (unpaired) electrons. The molecule has 0 aliphatic carbocycles. The van der Waals surface area contributed by atoms with Crippen molar-refractivity contribution >= 4 is 15.9 Å². The summed E-state index contributed by atoms with van der Waals surface area (Å²) < 4.78 is 31.1. The van der Waals surface area contributed by atoms with Gasteiger partial charge in [0.15, 0.2) is 0 Å². The Morgan fingerprint density at radius 2 is 1.15 bits per heavy atom. The molecule has 0 fully saturated rings. The third-order valence-corrected chi connectivity index (χ3v) is 6.35. The van der Waals surface area contributed by atoms with Gasteiger partial charge in [-0.25, -0.2) is 8.78 Å². The van der Waals surface area contributed by atoms with Crippen LogP contribution in [-0.4, -0.2) is 9.78 Å². The second kappa shape index (κ2) is 8.75. The van der Waals surface area contributed by atoms with Gasteiger partial charge in [0, 0.05) is 11.8 Å². The Bertz CT molecular complexity index is 1290. The molecule has 0 N–H and O–H groups in total. The van der Waals surface area contributed by atoms with Crippen molar-refractivity contribution in [2.75, 3.05) is 0 Å². The summed E-state index contributed by atoms with van der Waals surface area (Å²) in [5, 5.41) is 4.85. The summed E-state index contributed by atoms with van der Waals surface area (Å²) in [4.78, 5) is 0. The maximum Gasteiger partial charge on any atom is 0.138 e. The first-order valence-corrected chi connectivity index (χ1v) is 11.3. The first kappa shape index (κ1) is 21.3. The van der Waals surface area contributed by atoms with E-state index in [0.717, 1.165) is 28.8 Å². The van der Waals surface area contributed by atoms with E-state index in [9.17, 15) is 8.78 Å². The van der Waals surface area contributed by atoms with E-state index < -0.39 is 17.2 Å². The number of aromatic nitrogens is 2. The van der Waals surface area contributed by atoms with Gasteiger partial charge in [-0.2, -0.15) is 5.10 Å². The molecule has 0 atom stereocenters. The predicted molar refractivity (Wildman–Crippen MR) is 130 cm³/mol. The molecule has 1 heterocycles. The lowest BCUT2D eigenvalue weighted by Crippen LogP contribution is -2.38. The Morgan fingerprint density at radius 3 is 1.64 bits per heavy atom. The standard InChI is InChI=1S/C28H19BrF2N2/c29-25-19-33(32-27(25)24-18-23(30)16-17-26(24)31)28(20-10-4-1-5-11-20,21-12-6-2-7-13-21)22-14-8-3-9-15-22/h1-19H. The highest BCUT2D eigenvalue weighted by molar-refractivity contribution is 9.10. The smallest absolute Gasteiger partial charge is 0.138 e. The fourth-order valence-corrected chi connectivity index (χ4v) is 4.81. The van der Waals surface area contributed by atoms with Crippen LogP contribution in [0.3, 0.4) is 0 Å². The van der Waals surface area contributed by atoms with Gasteiger partial charge in [0.2, 0.25) is 0 Å². The maximum atomic E-state index is 14.7. The predicted octanol–water partition coefficient (Wildman–Crippen LogP) is 7.43. The molecule has 0 amide bonds. The molecule has 5 rings (SSSR count). The zero-order valence-corrected chi connectivity index (χ0v) is 19.1. The normalized spacial score (nSPS) is 11.5. The molecular formula is C28H19BrF2N2. The van der Waals surface area contributed by atoms with Crippen LogP contribution in [0.15, 0.2) is 120 Å². The van der Waals surface area contributed by atoms with Crippen molar-refractivity contribution in [3.63, 3.8) is 0 Å². The Hall–Kier alpha value is -3.57. The molecule has 5 heteroatoms. The Kier molecular flexibility index (Phi) is 5.65. The monoisotopic (exact) mass is 500 g/mol. The average molecular weight is 501 g/mol. The van der Waals surface area contributed by atoms with E-state index in [2.05, 4.69) is 52.3 Å². The molecule has 0 saturated heterocycles. The molecule has 0 unspecified atom stereocenters.